The van der Waals surface area contributed by atoms with Crippen LogP contribution in [-0.2, 0) is 20.8 Å². The first-order chi connectivity index (χ1) is 14.4. The fraction of sp³-hybridized carbons (Fsp3) is 0.500. The highest BCUT2D eigenvalue weighted by atomic mass is 16.2. The van der Waals surface area contributed by atoms with Crippen molar-refractivity contribution in [2.45, 2.75) is 52.1 Å². The lowest BCUT2D eigenvalue weighted by molar-refractivity contribution is -0.128. The lowest BCUT2D eigenvalue weighted by Gasteiger charge is -2.25. The van der Waals surface area contributed by atoms with E-state index in [1.54, 1.807) is 6.92 Å². The molecule has 0 saturated carbocycles. The molecule has 7 nitrogen and oxygen atoms in total. The number of primary amides is 1. The van der Waals surface area contributed by atoms with Crippen molar-refractivity contribution in [1.29, 1.82) is 0 Å². The molecule has 3 amide bonds. The molecule has 1 radical (unpaired) electrons. The van der Waals surface area contributed by atoms with Gasteiger partial charge < -0.3 is 16.4 Å². The topological polar surface area (TPSA) is 105 Å². The Morgan fingerprint density at radius 3 is 2.29 bits per heavy atom. The summed E-state index contributed by atoms with van der Waals surface area (Å²) in [4.78, 5) is 38.3. The summed E-state index contributed by atoms with van der Waals surface area (Å²) < 4.78 is 0. The highest BCUT2D eigenvalue weighted by molar-refractivity contribution is 5.92. The molecule has 1 rings (SSSR count). The maximum Gasteiger partial charge on any atom is 0.243 e. The first kappa shape index (κ1) is 26.2. The van der Waals surface area contributed by atoms with Gasteiger partial charge in [-0.15, -0.1) is 0 Å². The Bertz CT molecular complexity index is 814. The van der Waals surface area contributed by atoms with Gasteiger partial charge >= 0.3 is 0 Å². The number of hydrogen-bond acceptors (Lipinski definition) is 4. The van der Waals surface area contributed by atoms with E-state index in [0.29, 0.717) is 13.0 Å². The summed E-state index contributed by atoms with van der Waals surface area (Å²) >= 11 is 0. The summed E-state index contributed by atoms with van der Waals surface area (Å²) in [7, 11) is 3.92. The molecule has 2 atom stereocenters. The molecule has 0 fully saturated rings. The lowest BCUT2D eigenvalue weighted by Crippen LogP contribution is -2.53. The zero-order chi connectivity index (χ0) is 23.6. The number of nitrogens with two attached hydrogens (primary N) is 1. The summed E-state index contributed by atoms with van der Waals surface area (Å²) in [6.45, 7) is 7.97. The zero-order valence-corrected chi connectivity index (χ0v) is 19.4. The average Bonchev–Trinajstić information content (AvgIpc) is 2.65. The van der Waals surface area contributed by atoms with Crippen LogP contribution >= 0.6 is 0 Å². The minimum atomic E-state index is -0.752. The standard InChI is InChI=1S/C24H35N4O3/c1-17(22(25)30)9-14-21(29)26-20(23(31)27-24(2,3)4)16-19-12-10-18(11-13-19)8-7-15-28(5)6/h10-14,17,20H,9,15-16H2,1-6H3,(H2,25,30)(H,26,29)(H,27,31). The van der Waals surface area contributed by atoms with Crippen LogP contribution in [0.5, 0.6) is 0 Å². The number of nitrogens with one attached hydrogen (secondary N) is 2. The van der Waals surface area contributed by atoms with Crippen LogP contribution in [0.1, 0.15) is 45.2 Å². The third kappa shape index (κ3) is 11.2. The van der Waals surface area contributed by atoms with Crippen molar-refractivity contribution in [1.82, 2.24) is 15.5 Å². The Hall–Kier alpha value is -2.85. The van der Waals surface area contributed by atoms with Gasteiger partial charge in [0.1, 0.15) is 6.04 Å². The van der Waals surface area contributed by atoms with Crippen molar-refractivity contribution in [2.24, 2.45) is 11.7 Å². The predicted molar refractivity (Wildman–Crippen MR) is 123 cm³/mol. The van der Waals surface area contributed by atoms with Gasteiger partial charge in [-0.1, -0.05) is 30.9 Å². The van der Waals surface area contributed by atoms with E-state index in [0.717, 1.165) is 11.1 Å². The summed E-state index contributed by atoms with van der Waals surface area (Å²) in [5.74, 6) is 4.57. The molecule has 1 aromatic rings. The second-order valence-corrected chi connectivity index (χ2v) is 8.98. The van der Waals surface area contributed by atoms with Crippen LogP contribution in [0, 0.1) is 24.2 Å². The molecular weight excluding hydrogens is 392 g/mol. The summed E-state index contributed by atoms with van der Waals surface area (Å²) in [5, 5.41) is 5.66. The van der Waals surface area contributed by atoms with Gasteiger partial charge in [0.05, 0.1) is 13.0 Å². The Kier molecular flexibility index (Phi) is 10.2. The highest BCUT2D eigenvalue weighted by Gasteiger charge is 2.25. The molecule has 0 aromatic heterocycles. The summed E-state index contributed by atoms with van der Waals surface area (Å²) in [6, 6.07) is 6.86. The van der Waals surface area contributed by atoms with Gasteiger partial charge in [-0.05, 0) is 59.0 Å². The van der Waals surface area contributed by atoms with Crippen molar-refractivity contribution in [3.63, 3.8) is 0 Å². The van der Waals surface area contributed by atoms with Crippen molar-refractivity contribution >= 4 is 17.7 Å². The van der Waals surface area contributed by atoms with Gasteiger partial charge in [-0.2, -0.15) is 0 Å². The molecular formula is C24H35N4O3. The average molecular weight is 428 g/mol. The molecule has 7 heteroatoms. The number of carbonyl (C=O) groups is 3. The van der Waals surface area contributed by atoms with Crippen LogP contribution in [0.2, 0.25) is 0 Å². The molecule has 4 N–H and O–H groups in total. The third-order valence-corrected chi connectivity index (χ3v) is 4.30. The SMILES string of the molecule is CC(C[CH]C(=O)NC(Cc1ccc(C#CCN(C)C)cc1)C(=O)NC(C)(C)C)C(N)=O. The van der Waals surface area contributed by atoms with Crippen molar-refractivity contribution < 1.29 is 14.4 Å². The van der Waals surface area contributed by atoms with Gasteiger partial charge in [-0.25, -0.2) is 0 Å². The van der Waals surface area contributed by atoms with E-state index in [1.165, 1.54) is 6.42 Å². The number of rotatable bonds is 9. The minimum absolute atomic E-state index is 0.217. The molecule has 0 saturated heterocycles. The van der Waals surface area contributed by atoms with Crippen LogP contribution in [0.3, 0.4) is 0 Å². The third-order valence-electron chi connectivity index (χ3n) is 4.30. The molecule has 31 heavy (non-hydrogen) atoms. The molecule has 0 aliphatic carbocycles. The van der Waals surface area contributed by atoms with E-state index in [4.69, 9.17) is 5.73 Å². The van der Waals surface area contributed by atoms with Crippen LogP contribution in [-0.4, -0.2) is 54.8 Å². The van der Waals surface area contributed by atoms with Gasteiger partial charge in [0.25, 0.3) is 0 Å². The van der Waals surface area contributed by atoms with Gasteiger partial charge in [0, 0.05) is 23.4 Å². The Labute approximate surface area is 186 Å². The molecule has 0 bridgehead atoms. The maximum absolute atomic E-state index is 12.8. The smallest absolute Gasteiger partial charge is 0.243 e. The zero-order valence-electron chi connectivity index (χ0n) is 19.4. The van der Waals surface area contributed by atoms with Gasteiger partial charge in [-0.3, -0.25) is 19.3 Å². The summed E-state index contributed by atoms with van der Waals surface area (Å²) in [6.07, 6.45) is 1.91. The predicted octanol–water partition coefficient (Wildman–Crippen LogP) is 1.26. The fourth-order valence-electron chi connectivity index (χ4n) is 2.56. The quantitative estimate of drug-likeness (QED) is 0.516. The fourth-order valence-corrected chi connectivity index (χ4v) is 2.56. The van der Waals surface area contributed by atoms with E-state index >= 15 is 0 Å². The van der Waals surface area contributed by atoms with Crippen LogP contribution < -0.4 is 16.4 Å². The van der Waals surface area contributed by atoms with E-state index in [2.05, 4.69) is 22.5 Å². The van der Waals surface area contributed by atoms with E-state index in [9.17, 15) is 14.4 Å². The van der Waals surface area contributed by atoms with E-state index in [-0.39, 0.29) is 12.3 Å². The summed E-state index contributed by atoms with van der Waals surface area (Å²) in [5.41, 5.74) is 6.59. The molecule has 1 aromatic carbocycles. The largest absolute Gasteiger partial charge is 0.369 e. The van der Waals surface area contributed by atoms with E-state index in [1.807, 2.05) is 64.0 Å². The number of carbonyl (C=O) groups excluding carboxylic acids is 3. The van der Waals surface area contributed by atoms with Crippen molar-refractivity contribution in [3.8, 4) is 11.8 Å². The van der Waals surface area contributed by atoms with Crippen LogP contribution in [0.25, 0.3) is 0 Å². The molecule has 0 heterocycles. The van der Waals surface area contributed by atoms with Crippen molar-refractivity contribution in [2.75, 3.05) is 20.6 Å². The Morgan fingerprint density at radius 2 is 1.77 bits per heavy atom. The number of hydrogen-bond donors (Lipinski definition) is 3. The lowest BCUT2D eigenvalue weighted by atomic mass is 10.0. The first-order valence-electron chi connectivity index (χ1n) is 10.3. The second kappa shape index (κ2) is 12.1. The second-order valence-electron chi connectivity index (χ2n) is 8.98. The van der Waals surface area contributed by atoms with Crippen LogP contribution in [0.15, 0.2) is 24.3 Å². The molecule has 169 valence electrons. The molecule has 0 spiro atoms. The molecule has 2 unspecified atom stereocenters. The Balaban J connectivity index is 2.86. The number of amides is 3. The maximum atomic E-state index is 12.8. The molecule has 0 aliphatic rings. The minimum Gasteiger partial charge on any atom is -0.369 e. The Morgan fingerprint density at radius 1 is 1.16 bits per heavy atom. The van der Waals surface area contributed by atoms with Gasteiger partial charge in [0.2, 0.25) is 17.7 Å². The highest BCUT2D eigenvalue weighted by Crippen LogP contribution is 2.10. The number of nitrogens with zero attached hydrogens (tertiary/aromatic N) is 1. The van der Waals surface area contributed by atoms with E-state index < -0.39 is 29.3 Å². The normalized spacial score (nSPS) is 13.0. The monoisotopic (exact) mass is 427 g/mol. The first-order valence-corrected chi connectivity index (χ1v) is 10.3. The number of benzene rings is 1. The van der Waals surface area contributed by atoms with Gasteiger partial charge in [0.15, 0.2) is 0 Å². The van der Waals surface area contributed by atoms with Crippen LogP contribution in [0.4, 0.5) is 0 Å². The van der Waals surface area contributed by atoms with Crippen molar-refractivity contribution in [3.05, 3.63) is 41.8 Å². The molecule has 0 aliphatic heterocycles.